The molecule has 0 unspecified atom stereocenters. The first kappa shape index (κ1) is 16.6. The van der Waals surface area contributed by atoms with Crippen LogP contribution in [0.1, 0.15) is 4.88 Å². The van der Waals surface area contributed by atoms with E-state index in [1.54, 1.807) is 32.6 Å². The average Bonchev–Trinajstić information content (AvgIpc) is 2.96. The number of ether oxygens (including phenoxy) is 2. The standard InChI is InChI=1S/C15H18BrN3O2S/c1-17-15(18-9-11-5-7-14(16)22-11)19-10-4-6-12(20-2)13(8-10)21-3/h4-8H,9H2,1-3H3,(H2,17,18,19). The quantitative estimate of drug-likeness (QED) is 0.610. The zero-order chi connectivity index (χ0) is 15.9. The lowest BCUT2D eigenvalue weighted by atomic mass is 10.3. The molecule has 7 heteroatoms. The van der Waals surface area contributed by atoms with Gasteiger partial charge in [0.15, 0.2) is 17.5 Å². The number of anilines is 1. The van der Waals surface area contributed by atoms with Crippen molar-refractivity contribution >= 4 is 38.9 Å². The van der Waals surface area contributed by atoms with Gasteiger partial charge in [-0.05, 0) is 40.2 Å². The van der Waals surface area contributed by atoms with Crippen LogP contribution >= 0.6 is 27.3 Å². The van der Waals surface area contributed by atoms with E-state index in [1.807, 2.05) is 24.3 Å². The molecule has 2 aromatic rings. The fraction of sp³-hybridized carbons (Fsp3) is 0.267. The Morgan fingerprint density at radius 3 is 2.55 bits per heavy atom. The number of hydrogen-bond acceptors (Lipinski definition) is 4. The predicted octanol–water partition coefficient (Wildman–Crippen LogP) is 3.72. The molecule has 1 aromatic heterocycles. The van der Waals surface area contributed by atoms with Crippen LogP contribution in [-0.4, -0.2) is 27.2 Å². The Balaban J connectivity index is 2.01. The first-order valence-corrected chi connectivity index (χ1v) is 8.21. The number of thiophene rings is 1. The molecule has 2 N–H and O–H groups in total. The lowest BCUT2D eigenvalue weighted by molar-refractivity contribution is 0.355. The Kier molecular flexibility index (Phi) is 6.09. The molecule has 0 aliphatic rings. The average molecular weight is 384 g/mol. The second-order valence-corrected chi connectivity index (χ2v) is 6.87. The van der Waals surface area contributed by atoms with Crippen molar-refractivity contribution in [3.63, 3.8) is 0 Å². The molecule has 0 bridgehead atoms. The highest BCUT2D eigenvalue weighted by molar-refractivity contribution is 9.11. The lowest BCUT2D eigenvalue weighted by Gasteiger charge is -2.13. The molecule has 2 rings (SSSR count). The second-order valence-electron chi connectivity index (χ2n) is 4.33. The maximum absolute atomic E-state index is 5.30. The molecule has 0 fully saturated rings. The number of halogens is 1. The molecule has 118 valence electrons. The Bertz CT molecular complexity index is 658. The molecular formula is C15H18BrN3O2S. The third-order valence-corrected chi connectivity index (χ3v) is 4.55. The van der Waals surface area contributed by atoms with E-state index in [2.05, 4.69) is 37.6 Å². The van der Waals surface area contributed by atoms with Gasteiger partial charge >= 0.3 is 0 Å². The van der Waals surface area contributed by atoms with Crippen molar-refractivity contribution in [3.05, 3.63) is 39.0 Å². The van der Waals surface area contributed by atoms with Gasteiger partial charge in [-0.15, -0.1) is 11.3 Å². The molecule has 0 radical (unpaired) electrons. The van der Waals surface area contributed by atoms with Crippen LogP contribution in [0.25, 0.3) is 0 Å². The largest absolute Gasteiger partial charge is 0.493 e. The van der Waals surface area contributed by atoms with Crippen molar-refractivity contribution in [2.45, 2.75) is 6.54 Å². The summed E-state index contributed by atoms with van der Waals surface area (Å²) in [5.41, 5.74) is 0.873. The van der Waals surface area contributed by atoms with Crippen molar-refractivity contribution in [2.24, 2.45) is 4.99 Å². The van der Waals surface area contributed by atoms with E-state index in [0.717, 1.165) is 9.47 Å². The maximum atomic E-state index is 5.30. The van der Waals surface area contributed by atoms with Crippen molar-refractivity contribution in [3.8, 4) is 11.5 Å². The van der Waals surface area contributed by atoms with Gasteiger partial charge in [-0.2, -0.15) is 0 Å². The van der Waals surface area contributed by atoms with Crippen LogP contribution in [0, 0.1) is 0 Å². The van der Waals surface area contributed by atoms with Crippen LogP contribution in [0.15, 0.2) is 39.1 Å². The lowest BCUT2D eigenvalue weighted by Crippen LogP contribution is -2.29. The predicted molar refractivity (Wildman–Crippen MR) is 95.4 cm³/mol. The number of rotatable bonds is 5. The van der Waals surface area contributed by atoms with Crippen LogP contribution < -0.4 is 20.1 Å². The molecular weight excluding hydrogens is 366 g/mol. The number of hydrogen-bond donors (Lipinski definition) is 2. The summed E-state index contributed by atoms with van der Waals surface area (Å²) in [6.07, 6.45) is 0. The van der Waals surface area contributed by atoms with Crippen LogP contribution in [0.4, 0.5) is 5.69 Å². The maximum Gasteiger partial charge on any atom is 0.195 e. The second kappa shape index (κ2) is 8.05. The Morgan fingerprint density at radius 2 is 1.95 bits per heavy atom. The summed E-state index contributed by atoms with van der Waals surface area (Å²) < 4.78 is 11.6. The Morgan fingerprint density at radius 1 is 1.18 bits per heavy atom. The molecule has 1 heterocycles. The van der Waals surface area contributed by atoms with Gasteiger partial charge in [-0.25, -0.2) is 0 Å². The smallest absolute Gasteiger partial charge is 0.195 e. The molecule has 5 nitrogen and oxygen atoms in total. The van der Waals surface area contributed by atoms with E-state index in [4.69, 9.17) is 9.47 Å². The van der Waals surface area contributed by atoms with Gasteiger partial charge in [0.2, 0.25) is 0 Å². The normalized spacial score (nSPS) is 11.2. The number of nitrogens with one attached hydrogen (secondary N) is 2. The highest BCUT2D eigenvalue weighted by atomic mass is 79.9. The molecule has 0 amide bonds. The van der Waals surface area contributed by atoms with Gasteiger partial charge in [0.1, 0.15) is 0 Å². The molecule has 0 aliphatic carbocycles. The minimum atomic E-state index is 0.671. The van der Waals surface area contributed by atoms with Gasteiger partial charge in [0.05, 0.1) is 24.6 Å². The van der Waals surface area contributed by atoms with E-state index in [9.17, 15) is 0 Å². The first-order valence-electron chi connectivity index (χ1n) is 6.60. The summed E-state index contributed by atoms with van der Waals surface area (Å²) in [7, 11) is 4.97. The van der Waals surface area contributed by atoms with E-state index < -0.39 is 0 Å². The van der Waals surface area contributed by atoms with E-state index >= 15 is 0 Å². The monoisotopic (exact) mass is 383 g/mol. The minimum absolute atomic E-state index is 0.671. The fourth-order valence-electron chi connectivity index (χ4n) is 1.85. The number of nitrogens with zero attached hydrogens (tertiary/aromatic N) is 1. The third-order valence-electron chi connectivity index (χ3n) is 2.93. The molecule has 22 heavy (non-hydrogen) atoms. The molecule has 0 saturated heterocycles. The number of methoxy groups -OCH3 is 2. The van der Waals surface area contributed by atoms with Crippen molar-refractivity contribution in [1.82, 2.24) is 5.32 Å². The summed E-state index contributed by atoms with van der Waals surface area (Å²) in [5.74, 6) is 2.06. The zero-order valence-electron chi connectivity index (χ0n) is 12.6. The number of guanidine groups is 1. The molecule has 0 spiro atoms. The fourth-order valence-corrected chi connectivity index (χ4v) is 3.27. The van der Waals surface area contributed by atoms with E-state index in [1.165, 1.54) is 4.88 Å². The molecule has 0 aliphatic heterocycles. The summed E-state index contributed by atoms with van der Waals surface area (Å²) in [5, 5.41) is 6.50. The van der Waals surface area contributed by atoms with Crippen LogP contribution in [0.3, 0.4) is 0 Å². The first-order chi connectivity index (χ1) is 10.7. The van der Waals surface area contributed by atoms with Crippen LogP contribution in [-0.2, 0) is 6.54 Å². The van der Waals surface area contributed by atoms with E-state index in [-0.39, 0.29) is 0 Å². The molecule has 0 atom stereocenters. The molecule has 1 aromatic carbocycles. The van der Waals surface area contributed by atoms with Gasteiger partial charge in [-0.3, -0.25) is 4.99 Å². The number of aliphatic imine (C=N–C) groups is 1. The summed E-state index contributed by atoms with van der Waals surface area (Å²) in [4.78, 5) is 5.44. The van der Waals surface area contributed by atoms with Gasteiger partial charge in [0, 0.05) is 23.7 Å². The topological polar surface area (TPSA) is 54.9 Å². The van der Waals surface area contributed by atoms with E-state index in [0.29, 0.717) is 24.0 Å². The van der Waals surface area contributed by atoms with Gasteiger partial charge in [0.25, 0.3) is 0 Å². The van der Waals surface area contributed by atoms with Gasteiger partial charge < -0.3 is 20.1 Å². The highest BCUT2D eigenvalue weighted by Gasteiger charge is 2.06. The molecule has 0 saturated carbocycles. The Hall–Kier alpha value is -1.73. The van der Waals surface area contributed by atoms with Crippen LogP contribution in [0.5, 0.6) is 11.5 Å². The van der Waals surface area contributed by atoms with Gasteiger partial charge in [-0.1, -0.05) is 0 Å². The zero-order valence-corrected chi connectivity index (χ0v) is 15.0. The summed E-state index contributed by atoms with van der Waals surface area (Å²) in [6, 6.07) is 9.74. The number of benzene rings is 1. The summed E-state index contributed by atoms with van der Waals surface area (Å²) >= 11 is 5.15. The SMILES string of the molecule is CN=C(NCc1ccc(Br)s1)Nc1ccc(OC)c(OC)c1. The van der Waals surface area contributed by atoms with Crippen molar-refractivity contribution in [1.29, 1.82) is 0 Å². The van der Waals surface area contributed by atoms with Crippen molar-refractivity contribution < 1.29 is 9.47 Å². The van der Waals surface area contributed by atoms with Crippen molar-refractivity contribution in [2.75, 3.05) is 26.6 Å². The van der Waals surface area contributed by atoms with Crippen LogP contribution in [0.2, 0.25) is 0 Å². The minimum Gasteiger partial charge on any atom is -0.493 e. The summed E-state index contributed by atoms with van der Waals surface area (Å²) in [6.45, 7) is 0.712. The highest BCUT2D eigenvalue weighted by Crippen LogP contribution is 2.29. The Labute approximate surface area is 142 Å². The third kappa shape index (κ3) is 4.38.